The molecule has 0 aliphatic rings. The molecule has 0 amide bonds. The smallest absolute Gasteiger partial charge is 0.162 e. The Bertz CT molecular complexity index is 554. The highest BCUT2D eigenvalue weighted by molar-refractivity contribution is 6.33. The molecule has 1 aromatic heterocycles. The number of carbonyl (C=O) groups excluding carboxylic acids is 1. The first kappa shape index (κ1) is 10.1. The predicted octanol–water partition coefficient (Wildman–Crippen LogP) is 3.23. The number of fused-ring (bicyclic) bond motifs is 1. The monoisotopic (exact) mass is 223 g/mol. The third-order valence-electron chi connectivity index (χ3n) is 2.11. The van der Waals surface area contributed by atoms with Crippen LogP contribution in [0.25, 0.3) is 10.9 Å². The lowest BCUT2D eigenvalue weighted by atomic mass is 10.1. The summed E-state index contributed by atoms with van der Waals surface area (Å²) in [7, 11) is 0. The van der Waals surface area contributed by atoms with Crippen LogP contribution in [0.15, 0.2) is 24.3 Å². The number of nitrogens with zero attached hydrogens (tertiary/aromatic N) is 1. The van der Waals surface area contributed by atoms with Gasteiger partial charge in [0.2, 0.25) is 0 Å². The lowest BCUT2D eigenvalue weighted by molar-refractivity contribution is 0.101. The Hall–Kier alpha value is -1.48. The van der Waals surface area contributed by atoms with Gasteiger partial charge in [-0.2, -0.15) is 0 Å². The molecule has 0 aliphatic carbocycles. The van der Waals surface area contributed by atoms with Crippen LogP contribution in [0.5, 0.6) is 0 Å². The molecular weight excluding hydrogens is 217 g/mol. The minimum Gasteiger partial charge on any atom is -0.294 e. The van der Waals surface area contributed by atoms with Gasteiger partial charge in [0.05, 0.1) is 11.1 Å². The molecular formula is C11H7ClFNO. The van der Waals surface area contributed by atoms with Crippen LogP contribution in [0.1, 0.15) is 17.3 Å². The van der Waals surface area contributed by atoms with Crippen molar-refractivity contribution >= 4 is 28.3 Å². The van der Waals surface area contributed by atoms with Crippen LogP contribution >= 0.6 is 11.6 Å². The van der Waals surface area contributed by atoms with Crippen molar-refractivity contribution in [2.24, 2.45) is 0 Å². The fraction of sp³-hybridized carbons (Fsp3) is 0.0909. The number of aromatic nitrogens is 1. The first-order valence-electron chi connectivity index (χ1n) is 4.34. The Kier molecular flexibility index (Phi) is 2.40. The van der Waals surface area contributed by atoms with E-state index in [0.717, 1.165) is 0 Å². The van der Waals surface area contributed by atoms with Crippen molar-refractivity contribution in [1.82, 2.24) is 4.98 Å². The predicted molar refractivity (Wildman–Crippen MR) is 56.7 cm³/mol. The zero-order chi connectivity index (χ0) is 11.0. The second-order valence-electron chi connectivity index (χ2n) is 3.22. The molecule has 0 atom stereocenters. The number of halogens is 2. The zero-order valence-corrected chi connectivity index (χ0v) is 8.68. The molecule has 0 fully saturated rings. The highest BCUT2D eigenvalue weighted by atomic mass is 35.5. The van der Waals surface area contributed by atoms with Crippen molar-refractivity contribution in [3.63, 3.8) is 0 Å². The summed E-state index contributed by atoms with van der Waals surface area (Å²) in [5, 5.41) is 0.812. The Balaban J connectivity index is 2.76. The van der Waals surface area contributed by atoms with E-state index in [0.29, 0.717) is 16.5 Å². The van der Waals surface area contributed by atoms with Gasteiger partial charge in [-0.15, -0.1) is 0 Å². The number of pyridine rings is 1. The van der Waals surface area contributed by atoms with E-state index < -0.39 is 0 Å². The summed E-state index contributed by atoms with van der Waals surface area (Å²) in [6, 6.07) is 5.79. The lowest BCUT2D eigenvalue weighted by Crippen LogP contribution is -1.96. The lowest BCUT2D eigenvalue weighted by Gasteiger charge is -2.02. The summed E-state index contributed by atoms with van der Waals surface area (Å²) in [4.78, 5) is 15.1. The Morgan fingerprint density at radius 1 is 1.40 bits per heavy atom. The number of carbonyl (C=O) groups is 1. The van der Waals surface area contributed by atoms with Gasteiger partial charge in [-0.05, 0) is 25.1 Å². The van der Waals surface area contributed by atoms with Crippen LogP contribution in [-0.2, 0) is 0 Å². The summed E-state index contributed by atoms with van der Waals surface area (Å²) < 4.78 is 12.9. The van der Waals surface area contributed by atoms with E-state index in [9.17, 15) is 9.18 Å². The van der Waals surface area contributed by atoms with E-state index in [1.54, 1.807) is 12.1 Å². The summed E-state index contributed by atoms with van der Waals surface area (Å²) in [5.74, 6) is -0.527. The van der Waals surface area contributed by atoms with Crippen molar-refractivity contribution < 1.29 is 9.18 Å². The van der Waals surface area contributed by atoms with E-state index in [4.69, 9.17) is 11.6 Å². The quantitative estimate of drug-likeness (QED) is 0.549. The molecule has 2 aromatic rings. The summed E-state index contributed by atoms with van der Waals surface area (Å²) in [6.45, 7) is 1.41. The normalized spacial score (nSPS) is 10.6. The molecule has 0 saturated heterocycles. The average Bonchev–Trinajstić information content (AvgIpc) is 2.15. The Morgan fingerprint density at radius 2 is 2.13 bits per heavy atom. The topological polar surface area (TPSA) is 30.0 Å². The zero-order valence-electron chi connectivity index (χ0n) is 7.92. The van der Waals surface area contributed by atoms with Gasteiger partial charge in [-0.1, -0.05) is 11.6 Å². The van der Waals surface area contributed by atoms with Crippen molar-refractivity contribution in [3.8, 4) is 0 Å². The highest BCUT2D eigenvalue weighted by Crippen LogP contribution is 2.21. The molecule has 15 heavy (non-hydrogen) atoms. The highest BCUT2D eigenvalue weighted by Gasteiger charge is 2.09. The number of benzene rings is 1. The van der Waals surface area contributed by atoms with E-state index in [-0.39, 0.29) is 16.8 Å². The number of rotatable bonds is 1. The van der Waals surface area contributed by atoms with Crippen molar-refractivity contribution in [1.29, 1.82) is 0 Å². The number of Topliss-reactive ketones (excluding diaryl/α,β-unsaturated/α-hetero) is 1. The molecule has 1 aromatic carbocycles. The van der Waals surface area contributed by atoms with E-state index in [1.165, 1.54) is 19.1 Å². The van der Waals surface area contributed by atoms with Gasteiger partial charge in [0.25, 0.3) is 0 Å². The van der Waals surface area contributed by atoms with Gasteiger partial charge < -0.3 is 0 Å². The maximum absolute atomic E-state index is 12.9. The third kappa shape index (κ3) is 1.83. The van der Waals surface area contributed by atoms with Crippen LogP contribution in [0.4, 0.5) is 4.39 Å². The SMILES string of the molecule is CC(=O)c1cc2ccc(F)cc2nc1Cl. The van der Waals surface area contributed by atoms with Gasteiger partial charge in [-0.25, -0.2) is 9.37 Å². The molecule has 0 radical (unpaired) electrons. The largest absolute Gasteiger partial charge is 0.294 e. The standard InChI is InChI=1S/C11H7ClFNO/c1-6(15)9-4-7-2-3-8(13)5-10(7)14-11(9)12/h2-5H,1H3. The maximum Gasteiger partial charge on any atom is 0.162 e. The Morgan fingerprint density at radius 3 is 2.80 bits per heavy atom. The third-order valence-corrected chi connectivity index (χ3v) is 2.40. The van der Waals surface area contributed by atoms with E-state index in [1.807, 2.05) is 0 Å². The first-order chi connectivity index (χ1) is 7.08. The molecule has 4 heteroatoms. The molecule has 2 nitrogen and oxygen atoms in total. The molecule has 1 heterocycles. The average molecular weight is 224 g/mol. The summed E-state index contributed by atoms with van der Waals surface area (Å²) >= 11 is 5.80. The van der Waals surface area contributed by atoms with Gasteiger partial charge >= 0.3 is 0 Å². The summed E-state index contributed by atoms with van der Waals surface area (Å²) in [6.07, 6.45) is 0. The fourth-order valence-corrected chi connectivity index (χ4v) is 1.64. The van der Waals surface area contributed by atoms with Crippen LogP contribution in [0, 0.1) is 5.82 Å². The van der Waals surface area contributed by atoms with Crippen LogP contribution in [0.3, 0.4) is 0 Å². The van der Waals surface area contributed by atoms with E-state index >= 15 is 0 Å². The van der Waals surface area contributed by atoms with Gasteiger partial charge in [0.1, 0.15) is 11.0 Å². The molecule has 0 bridgehead atoms. The minimum absolute atomic E-state index is 0.112. The second kappa shape index (κ2) is 3.59. The van der Waals surface area contributed by atoms with Crippen molar-refractivity contribution in [2.45, 2.75) is 6.92 Å². The second-order valence-corrected chi connectivity index (χ2v) is 3.58. The van der Waals surface area contributed by atoms with Crippen molar-refractivity contribution in [3.05, 3.63) is 40.8 Å². The molecule has 2 rings (SSSR count). The van der Waals surface area contributed by atoms with Crippen LogP contribution in [-0.4, -0.2) is 10.8 Å². The molecule has 76 valence electrons. The number of ketones is 1. The van der Waals surface area contributed by atoms with Gasteiger partial charge in [0.15, 0.2) is 5.78 Å². The summed E-state index contributed by atoms with van der Waals surface area (Å²) in [5.41, 5.74) is 0.806. The first-order valence-corrected chi connectivity index (χ1v) is 4.72. The maximum atomic E-state index is 12.9. The molecule has 0 spiro atoms. The van der Waals surface area contributed by atoms with Crippen LogP contribution in [0.2, 0.25) is 5.15 Å². The van der Waals surface area contributed by atoms with Gasteiger partial charge in [-0.3, -0.25) is 4.79 Å². The number of hydrogen-bond acceptors (Lipinski definition) is 2. The fourth-order valence-electron chi connectivity index (χ4n) is 1.36. The Labute approximate surface area is 90.7 Å². The molecule has 0 N–H and O–H groups in total. The van der Waals surface area contributed by atoms with E-state index in [2.05, 4.69) is 4.98 Å². The molecule has 0 unspecified atom stereocenters. The molecule has 0 aliphatic heterocycles. The minimum atomic E-state index is -0.373. The van der Waals surface area contributed by atoms with Crippen molar-refractivity contribution in [2.75, 3.05) is 0 Å². The van der Waals surface area contributed by atoms with Gasteiger partial charge in [0, 0.05) is 11.5 Å². The van der Waals surface area contributed by atoms with Crippen LogP contribution < -0.4 is 0 Å². The number of hydrogen-bond donors (Lipinski definition) is 0. The molecule has 0 saturated carbocycles.